The van der Waals surface area contributed by atoms with Crippen molar-refractivity contribution in [2.75, 3.05) is 11.9 Å². The number of hydrogen-bond donors (Lipinski definition) is 1. The maximum Gasteiger partial charge on any atom is 0.344 e. The lowest BCUT2D eigenvalue weighted by molar-refractivity contribution is -0.148. The highest BCUT2D eigenvalue weighted by atomic mass is 16.6. The van der Waals surface area contributed by atoms with Crippen molar-refractivity contribution in [1.29, 1.82) is 0 Å². The Morgan fingerprint density at radius 3 is 2.65 bits per heavy atom. The Balaban J connectivity index is 1.53. The zero-order chi connectivity index (χ0) is 18.5. The summed E-state index contributed by atoms with van der Waals surface area (Å²) in [6.07, 6.45) is 0.176. The molecule has 0 saturated heterocycles. The van der Waals surface area contributed by atoms with Crippen LogP contribution in [0.1, 0.15) is 29.3 Å². The summed E-state index contributed by atoms with van der Waals surface area (Å²) in [5, 5.41) is 2.78. The van der Waals surface area contributed by atoms with Crippen LogP contribution in [-0.4, -0.2) is 30.4 Å². The van der Waals surface area contributed by atoms with Gasteiger partial charge >= 0.3 is 5.97 Å². The van der Waals surface area contributed by atoms with Crippen molar-refractivity contribution < 1.29 is 23.9 Å². The summed E-state index contributed by atoms with van der Waals surface area (Å²) in [6, 6.07) is 13.9. The molecule has 2 aromatic rings. The van der Waals surface area contributed by atoms with Crippen LogP contribution >= 0.6 is 0 Å². The van der Waals surface area contributed by atoms with Gasteiger partial charge in [0, 0.05) is 17.7 Å². The molecule has 0 unspecified atom stereocenters. The van der Waals surface area contributed by atoms with Crippen LogP contribution in [0.25, 0.3) is 0 Å². The Kier molecular flexibility index (Phi) is 5.31. The molecule has 1 amide bonds. The van der Waals surface area contributed by atoms with Gasteiger partial charge < -0.3 is 14.8 Å². The van der Waals surface area contributed by atoms with Crippen LogP contribution in [0, 0.1) is 0 Å². The zero-order valence-electron chi connectivity index (χ0n) is 14.4. The van der Waals surface area contributed by atoms with E-state index < -0.39 is 12.1 Å². The first kappa shape index (κ1) is 17.7. The molecule has 1 N–H and O–H groups in total. The second kappa shape index (κ2) is 7.82. The van der Waals surface area contributed by atoms with Gasteiger partial charge in [-0.1, -0.05) is 30.3 Å². The Morgan fingerprint density at radius 2 is 1.88 bits per heavy atom. The van der Waals surface area contributed by atoms with Crippen LogP contribution in [0.15, 0.2) is 48.5 Å². The molecule has 1 aliphatic heterocycles. The number of ketones is 1. The third-order valence-electron chi connectivity index (χ3n) is 4.06. The van der Waals surface area contributed by atoms with E-state index in [1.807, 2.05) is 6.07 Å². The van der Waals surface area contributed by atoms with Crippen LogP contribution in [0.4, 0.5) is 5.69 Å². The number of carbonyl (C=O) groups is 3. The number of ether oxygens (including phenoxy) is 2. The number of aryl methyl sites for hydroxylation is 1. The minimum atomic E-state index is -0.882. The molecule has 0 saturated carbocycles. The average molecular weight is 353 g/mol. The molecular formula is C20H19NO5. The summed E-state index contributed by atoms with van der Waals surface area (Å²) in [4.78, 5) is 35.5. The first-order chi connectivity index (χ1) is 12.5. The molecule has 0 aromatic heterocycles. The number of fused-ring (bicyclic) bond motifs is 1. The molecule has 0 fully saturated rings. The number of hydrogen-bond acceptors (Lipinski definition) is 5. The Hall–Kier alpha value is -3.15. The third kappa shape index (κ3) is 4.27. The van der Waals surface area contributed by atoms with Gasteiger partial charge in [-0.05, 0) is 37.1 Å². The summed E-state index contributed by atoms with van der Waals surface area (Å²) in [7, 11) is 0. The Bertz CT molecular complexity index is 831. The Morgan fingerprint density at radius 1 is 1.12 bits per heavy atom. The van der Waals surface area contributed by atoms with Crippen molar-refractivity contribution in [2.45, 2.75) is 25.9 Å². The predicted molar refractivity (Wildman–Crippen MR) is 95.2 cm³/mol. The van der Waals surface area contributed by atoms with Crippen molar-refractivity contribution in [2.24, 2.45) is 0 Å². The monoisotopic (exact) mass is 353 g/mol. The molecule has 1 atom stereocenters. The second-order valence-corrected chi connectivity index (χ2v) is 6.02. The molecule has 0 aliphatic carbocycles. The van der Waals surface area contributed by atoms with Crippen LogP contribution < -0.4 is 10.1 Å². The van der Waals surface area contributed by atoms with E-state index >= 15 is 0 Å². The van der Waals surface area contributed by atoms with Gasteiger partial charge in [0.2, 0.25) is 11.7 Å². The van der Waals surface area contributed by atoms with Crippen molar-refractivity contribution >= 4 is 23.3 Å². The van der Waals surface area contributed by atoms with Gasteiger partial charge in [0.25, 0.3) is 0 Å². The van der Waals surface area contributed by atoms with E-state index in [4.69, 9.17) is 9.47 Å². The van der Waals surface area contributed by atoms with E-state index in [-0.39, 0.29) is 18.3 Å². The van der Waals surface area contributed by atoms with Gasteiger partial charge in [-0.25, -0.2) is 4.79 Å². The minimum Gasteiger partial charge on any atom is -0.482 e. The van der Waals surface area contributed by atoms with Gasteiger partial charge in [-0.3, -0.25) is 9.59 Å². The molecule has 1 aliphatic rings. The maximum atomic E-state index is 12.2. The lowest BCUT2D eigenvalue weighted by Gasteiger charge is -2.18. The molecule has 2 aromatic carbocycles. The number of benzene rings is 2. The fourth-order valence-corrected chi connectivity index (χ4v) is 2.71. The Labute approximate surface area is 151 Å². The molecule has 26 heavy (non-hydrogen) atoms. The molecular weight excluding hydrogens is 334 g/mol. The third-order valence-corrected chi connectivity index (χ3v) is 4.06. The molecule has 0 bridgehead atoms. The molecule has 1 heterocycles. The van der Waals surface area contributed by atoms with Gasteiger partial charge in [0.15, 0.2) is 12.7 Å². The largest absolute Gasteiger partial charge is 0.482 e. The lowest BCUT2D eigenvalue weighted by atomic mass is 10.0. The summed E-state index contributed by atoms with van der Waals surface area (Å²) in [6.45, 7) is 1.24. The highest BCUT2D eigenvalue weighted by molar-refractivity contribution is 6.00. The average Bonchev–Trinajstić information content (AvgIpc) is 2.66. The zero-order valence-corrected chi connectivity index (χ0v) is 14.4. The van der Waals surface area contributed by atoms with Crippen molar-refractivity contribution in [3.05, 3.63) is 59.7 Å². The SMILES string of the molecule is C[C@H](OC(=O)COc1ccc2c(c1)CCC(=O)N2)C(=O)c1ccccc1. The topological polar surface area (TPSA) is 81.7 Å². The lowest BCUT2D eigenvalue weighted by Crippen LogP contribution is -2.27. The number of rotatable bonds is 6. The number of esters is 1. The molecule has 6 heteroatoms. The smallest absolute Gasteiger partial charge is 0.344 e. The molecule has 3 rings (SSSR count). The van der Waals surface area contributed by atoms with Crippen molar-refractivity contribution in [3.8, 4) is 5.75 Å². The van der Waals surface area contributed by atoms with E-state index in [0.29, 0.717) is 24.2 Å². The van der Waals surface area contributed by atoms with Crippen LogP contribution in [0.2, 0.25) is 0 Å². The summed E-state index contributed by atoms with van der Waals surface area (Å²) < 4.78 is 10.6. The van der Waals surface area contributed by atoms with Gasteiger partial charge in [-0.2, -0.15) is 0 Å². The van der Waals surface area contributed by atoms with E-state index in [0.717, 1.165) is 11.3 Å². The number of nitrogens with one attached hydrogen (secondary N) is 1. The number of anilines is 1. The fourth-order valence-electron chi connectivity index (χ4n) is 2.71. The summed E-state index contributed by atoms with van der Waals surface area (Å²) >= 11 is 0. The van der Waals surface area contributed by atoms with Crippen LogP contribution in [0.3, 0.4) is 0 Å². The highest BCUT2D eigenvalue weighted by Gasteiger charge is 2.20. The molecule has 0 spiro atoms. The first-order valence-corrected chi connectivity index (χ1v) is 8.37. The van der Waals surface area contributed by atoms with E-state index in [2.05, 4.69) is 5.32 Å². The van der Waals surface area contributed by atoms with Crippen LogP contribution in [0.5, 0.6) is 5.75 Å². The van der Waals surface area contributed by atoms with Gasteiger partial charge in [-0.15, -0.1) is 0 Å². The highest BCUT2D eigenvalue weighted by Crippen LogP contribution is 2.26. The fraction of sp³-hybridized carbons (Fsp3) is 0.250. The predicted octanol–water partition coefficient (Wildman–Crippen LogP) is 2.76. The summed E-state index contributed by atoms with van der Waals surface area (Å²) in [5.74, 6) is -0.373. The normalized spacial score (nSPS) is 14.0. The number of Topliss-reactive ketones (excluding diaryl/α,β-unsaturated/α-hetero) is 1. The maximum absolute atomic E-state index is 12.2. The minimum absolute atomic E-state index is 0.00758. The molecule has 6 nitrogen and oxygen atoms in total. The standard InChI is InChI=1S/C20H19NO5/c1-13(20(24)14-5-3-2-4-6-14)26-19(23)12-25-16-8-9-17-15(11-16)7-10-18(22)21-17/h2-6,8-9,11,13H,7,10,12H2,1H3,(H,21,22)/t13-/m0/s1. The van der Waals surface area contributed by atoms with E-state index in [1.54, 1.807) is 42.5 Å². The van der Waals surface area contributed by atoms with Crippen molar-refractivity contribution in [1.82, 2.24) is 0 Å². The number of amides is 1. The number of carbonyl (C=O) groups excluding carboxylic acids is 3. The summed E-state index contributed by atoms with van der Waals surface area (Å²) in [5.41, 5.74) is 2.21. The molecule has 134 valence electrons. The van der Waals surface area contributed by atoms with E-state index in [1.165, 1.54) is 6.92 Å². The second-order valence-electron chi connectivity index (χ2n) is 6.02. The first-order valence-electron chi connectivity index (χ1n) is 8.37. The van der Waals surface area contributed by atoms with E-state index in [9.17, 15) is 14.4 Å². The van der Waals surface area contributed by atoms with Crippen LogP contribution in [-0.2, 0) is 20.7 Å². The van der Waals surface area contributed by atoms with Gasteiger partial charge in [0.1, 0.15) is 5.75 Å². The molecule has 0 radical (unpaired) electrons. The van der Waals surface area contributed by atoms with Crippen molar-refractivity contribution in [3.63, 3.8) is 0 Å². The quantitative estimate of drug-likeness (QED) is 0.638. The van der Waals surface area contributed by atoms with Gasteiger partial charge in [0.05, 0.1) is 0 Å².